The summed E-state index contributed by atoms with van der Waals surface area (Å²) in [5, 5.41) is 18.2. The lowest BCUT2D eigenvalue weighted by atomic mass is 10.1. The number of rotatable bonds is 7. The van der Waals surface area contributed by atoms with Gasteiger partial charge in [-0.3, -0.25) is 19.7 Å². The van der Waals surface area contributed by atoms with Crippen LogP contribution in [0.1, 0.15) is 17.0 Å². The minimum absolute atomic E-state index is 0.0500. The Labute approximate surface area is 185 Å². The number of carbonyl (C=O) groups excluding carboxylic acids is 2. The van der Waals surface area contributed by atoms with E-state index in [0.29, 0.717) is 27.9 Å². The van der Waals surface area contributed by atoms with Gasteiger partial charge in [-0.1, -0.05) is 23.4 Å². The molecule has 11 nitrogen and oxygen atoms in total. The van der Waals surface area contributed by atoms with Crippen LogP contribution >= 0.6 is 23.4 Å². The first-order chi connectivity index (χ1) is 14.7. The van der Waals surface area contributed by atoms with Crippen LogP contribution in [0.3, 0.4) is 0 Å². The number of anilines is 1. The number of carbonyl (C=O) groups is 2. The van der Waals surface area contributed by atoms with Gasteiger partial charge in [0.1, 0.15) is 0 Å². The molecule has 162 valence electrons. The normalized spacial score (nSPS) is 10.8. The Morgan fingerprint density at radius 3 is 2.74 bits per heavy atom. The molecule has 0 saturated heterocycles. The van der Waals surface area contributed by atoms with Crippen molar-refractivity contribution in [3.05, 3.63) is 50.3 Å². The highest BCUT2D eigenvalue weighted by Gasteiger charge is 2.18. The Balaban J connectivity index is 1.65. The van der Waals surface area contributed by atoms with Crippen molar-refractivity contribution in [2.24, 2.45) is 0 Å². The largest absolute Gasteiger partial charge is 0.455 e. The zero-order chi connectivity index (χ0) is 22.7. The van der Waals surface area contributed by atoms with E-state index in [1.54, 1.807) is 18.4 Å². The Kier molecular flexibility index (Phi) is 6.71. The first-order valence-electron chi connectivity index (χ1n) is 8.86. The number of non-ortho nitro benzene ring substituents is 1. The molecule has 0 radical (unpaired) electrons. The number of halogens is 1. The summed E-state index contributed by atoms with van der Waals surface area (Å²) in [7, 11) is 0. The van der Waals surface area contributed by atoms with Crippen molar-refractivity contribution in [3.8, 4) is 0 Å². The van der Waals surface area contributed by atoms with E-state index >= 15 is 0 Å². The van der Waals surface area contributed by atoms with Crippen LogP contribution in [0.5, 0.6) is 0 Å². The van der Waals surface area contributed by atoms with Crippen molar-refractivity contribution in [1.82, 2.24) is 19.6 Å². The molecule has 0 fully saturated rings. The Morgan fingerprint density at radius 1 is 1.32 bits per heavy atom. The summed E-state index contributed by atoms with van der Waals surface area (Å²) in [6, 6.07) is 3.63. The standard InChI is InChI=1S/C18H17ClN6O5S/c1-9-12(10(2)24-17(20-9)22-18(23-24)31-3)7-16(27)30-8-15(26)21-14-6-11(25(28)29)4-5-13(14)19/h4-6H,7-8H2,1-3H3,(H,21,26). The molecule has 31 heavy (non-hydrogen) atoms. The van der Waals surface area contributed by atoms with Gasteiger partial charge in [-0.25, -0.2) is 9.50 Å². The van der Waals surface area contributed by atoms with E-state index in [1.165, 1.54) is 23.9 Å². The first kappa shape index (κ1) is 22.4. The molecule has 0 spiro atoms. The number of esters is 1. The molecule has 13 heteroatoms. The number of aromatic nitrogens is 4. The van der Waals surface area contributed by atoms with Gasteiger partial charge in [0.2, 0.25) is 5.16 Å². The smallest absolute Gasteiger partial charge is 0.310 e. The van der Waals surface area contributed by atoms with Gasteiger partial charge in [-0.15, -0.1) is 5.10 Å². The second kappa shape index (κ2) is 9.27. The number of nitro groups is 1. The van der Waals surface area contributed by atoms with E-state index in [4.69, 9.17) is 16.3 Å². The van der Waals surface area contributed by atoms with Crippen LogP contribution < -0.4 is 5.32 Å². The van der Waals surface area contributed by atoms with E-state index < -0.39 is 23.4 Å². The number of benzene rings is 1. The molecule has 3 rings (SSSR count). The van der Waals surface area contributed by atoms with Crippen LogP contribution in [0.15, 0.2) is 23.4 Å². The third-order valence-corrected chi connectivity index (χ3v) is 5.20. The number of fused-ring (bicyclic) bond motifs is 1. The molecular formula is C18H17ClN6O5S. The predicted molar refractivity (Wildman–Crippen MR) is 113 cm³/mol. The number of nitrogens with zero attached hydrogens (tertiary/aromatic N) is 5. The summed E-state index contributed by atoms with van der Waals surface area (Å²) < 4.78 is 6.59. The average Bonchev–Trinajstić information content (AvgIpc) is 3.14. The molecule has 1 amide bonds. The number of hydrogen-bond donors (Lipinski definition) is 1. The van der Waals surface area contributed by atoms with Crippen LogP contribution in [-0.2, 0) is 20.7 Å². The number of aryl methyl sites for hydroxylation is 2. The maximum absolute atomic E-state index is 12.3. The molecule has 0 aliphatic rings. The van der Waals surface area contributed by atoms with Crippen molar-refractivity contribution in [1.29, 1.82) is 0 Å². The van der Waals surface area contributed by atoms with Gasteiger partial charge in [-0.2, -0.15) is 4.98 Å². The van der Waals surface area contributed by atoms with Gasteiger partial charge in [0.15, 0.2) is 6.61 Å². The number of amides is 1. The molecule has 1 N–H and O–H groups in total. The zero-order valence-electron chi connectivity index (χ0n) is 16.7. The quantitative estimate of drug-likeness (QED) is 0.241. The summed E-state index contributed by atoms with van der Waals surface area (Å²) in [4.78, 5) is 43.3. The van der Waals surface area contributed by atoms with E-state index in [-0.39, 0.29) is 22.8 Å². The highest BCUT2D eigenvalue weighted by Crippen LogP contribution is 2.26. The average molecular weight is 465 g/mol. The molecule has 0 aliphatic heterocycles. The van der Waals surface area contributed by atoms with E-state index in [2.05, 4.69) is 20.4 Å². The Morgan fingerprint density at radius 2 is 2.06 bits per heavy atom. The number of hydrogen-bond acceptors (Lipinski definition) is 9. The first-order valence-corrected chi connectivity index (χ1v) is 10.5. The van der Waals surface area contributed by atoms with Gasteiger partial charge in [0.05, 0.1) is 22.1 Å². The van der Waals surface area contributed by atoms with Gasteiger partial charge >= 0.3 is 5.97 Å². The molecule has 0 aliphatic carbocycles. The summed E-state index contributed by atoms with van der Waals surface area (Å²) in [6.45, 7) is 2.96. The summed E-state index contributed by atoms with van der Waals surface area (Å²) >= 11 is 7.32. The summed E-state index contributed by atoms with van der Waals surface area (Å²) in [6.07, 6.45) is 1.74. The molecule has 1 aromatic carbocycles. The summed E-state index contributed by atoms with van der Waals surface area (Å²) in [5.74, 6) is -0.888. The third kappa shape index (κ3) is 5.09. The Hall–Kier alpha value is -3.25. The van der Waals surface area contributed by atoms with Crippen LogP contribution in [0, 0.1) is 24.0 Å². The lowest BCUT2D eigenvalue weighted by molar-refractivity contribution is -0.384. The lowest BCUT2D eigenvalue weighted by Gasteiger charge is -2.11. The molecule has 0 bridgehead atoms. The topological polar surface area (TPSA) is 142 Å². The van der Waals surface area contributed by atoms with Crippen molar-refractivity contribution >= 4 is 52.4 Å². The van der Waals surface area contributed by atoms with Gasteiger partial charge < -0.3 is 10.1 Å². The number of nitro benzene ring substituents is 1. The van der Waals surface area contributed by atoms with E-state index in [0.717, 1.165) is 6.07 Å². The number of thioether (sulfide) groups is 1. The van der Waals surface area contributed by atoms with Gasteiger partial charge in [0.25, 0.3) is 17.4 Å². The zero-order valence-corrected chi connectivity index (χ0v) is 18.3. The maximum atomic E-state index is 12.3. The van der Waals surface area contributed by atoms with Crippen molar-refractivity contribution < 1.29 is 19.2 Å². The van der Waals surface area contributed by atoms with Gasteiger partial charge in [-0.05, 0) is 26.2 Å². The molecule has 0 saturated carbocycles. The fraction of sp³-hybridized carbons (Fsp3) is 0.278. The Bertz CT molecular complexity index is 1200. The monoisotopic (exact) mass is 464 g/mol. The third-order valence-electron chi connectivity index (χ3n) is 4.33. The minimum Gasteiger partial charge on any atom is -0.455 e. The highest BCUT2D eigenvalue weighted by atomic mass is 35.5. The highest BCUT2D eigenvalue weighted by molar-refractivity contribution is 7.98. The SMILES string of the molecule is CSc1nc2nc(C)c(CC(=O)OCC(=O)Nc3cc([N+](=O)[O-])ccc3Cl)c(C)n2n1. The van der Waals surface area contributed by atoms with Crippen molar-refractivity contribution in [2.75, 3.05) is 18.2 Å². The molecule has 0 atom stereocenters. The number of ether oxygens (including phenoxy) is 1. The second-order valence-electron chi connectivity index (χ2n) is 6.38. The van der Waals surface area contributed by atoms with Gasteiger partial charge in [0, 0.05) is 29.1 Å². The number of nitrogens with one attached hydrogen (secondary N) is 1. The fourth-order valence-electron chi connectivity index (χ4n) is 2.78. The molecule has 0 unspecified atom stereocenters. The van der Waals surface area contributed by atoms with Crippen LogP contribution in [-0.4, -0.2) is 49.2 Å². The lowest BCUT2D eigenvalue weighted by Crippen LogP contribution is -2.22. The fourth-order valence-corrected chi connectivity index (χ4v) is 3.28. The second-order valence-corrected chi connectivity index (χ2v) is 7.56. The van der Waals surface area contributed by atoms with E-state index in [9.17, 15) is 19.7 Å². The summed E-state index contributed by atoms with van der Waals surface area (Å²) in [5.41, 5.74) is 1.74. The maximum Gasteiger partial charge on any atom is 0.310 e. The minimum atomic E-state index is -0.682. The van der Waals surface area contributed by atoms with E-state index in [1.807, 2.05) is 6.26 Å². The van der Waals surface area contributed by atoms with Crippen molar-refractivity contribution in [2.45, 2.75) is 25.4 Å². The van der Waals surface area contributed by atoms with Crippen LogP contribution in [0.2, 0.25) is 5.02 Å². The predicted octanol–water partition coefficient (Wildman–Crippen LogP) is 2.75. The molecule has 2 heterocycles. The molecular weight excluding hydrogens is 448 g/mol. The van der Waals surface area contributed by atoms with Crippen LogP contribution in [0.25, 0.3) is 5.78 Å². The van der Waals surface area contributed by atoms with Crippen molar-refractivity contribution in [3.63, 3.8) is 0 Å². The molecule has 3 aromatic rings. The van der Waals surface area contributed by atoms with Crippen LogP contribution in [0.4, 0.5) is 11.4 Å². The molecule has 2 aromatic heterocycles.